The number of anilines is 1. The van der Waals surface area contributed by atoms with Gasteiger partial charge in [0.25, 0.3) is 0 Å². The highest BCUT2D eigenvalue weighted by molar-refractivity contribution is 9.10. The molecule has 2 aromatic rings. The first-order valence-electron chi connectivity index (χ1n) is 4.03. The van der Waals surface area contributed by atoms with E-state index in [4.69, 9.17) is 5.73 Å². The van der Waals surface area contributed by atoms with Crippen LogP contribution in [0.15, 0.2) is 49.3 Å². The number of para-hydroxylation sites is 1. The van der Waals surface area contributed by atoms with Crippen LogP contribution in [0.25, 0.3) is 0 Å². The highest BCUT2D eigenvalue weighted by Gasteiger charge is 2.04. The maximum absolute atomic E-state index is 5.94. The zero-order valence-corrected chi connectivity index (χ0v) is 10.5. The Kier molecular flexibility index (Phi) is 3.15. The highest BCUT2D eigenvalue weighted by Crippen LogP contribution is 2.37. The first kappa shape index (κ1) is 10.1. The summed E-state index contributed by atoms with van der Waals surface area (Å²) in [6.07, 6.45) is 0. The van der Waals surface area contributed by atoms with Gasteiger partial charge in [-0.05, 0) is 39.5 Å². The molecule has 0 bridgehead atoms. The summed E-state index contributed by atoms with van der Waals surface area (Å²) in [4.78, 5) is 1.10. The number of hydrogen-bond donors (Lipinski definition) is 1. The molecule has 72 valence electrons. The zero-order valence-electron chi connectivity index (χ0n) is 7.24. The fourth-order valence-electron chi connectivity index (χ4n) is 1.04. The molecule has 0 fully saturated rings. The lowest BCUT2D eigenvalue weighted by Crippen LogP contribution is -1.88. The Bertz CT molecular complexity index is 426. The molecule has 0 amide bonds. The second-order valence-corrected chi connectivity index (χ2v) is 5.83. The van der Waals surface area contributed by atoms with Gasteiger partial charge in [-0.25, -0.2) is 0 Å². The molecular weight excluding hydrogens is 278 g/mol. The maximum atomic E-state index is 5.94. The Hall–Kier alpha value is -0.450. The minimum absolute atomic E-state index is 0.811. The van der Waals surface area contributed by atoms with Gasteiger partial charge in [0.1, 0.15) is 0 Å². The third-order valence-corrected chi connectivity index (χ3v) is 4.52. The zero-order chi connectivity index (χ0) is 9.97. The first-order valence-corrected chi connectivity index (χ1v) is 6.51. The van der Waals surface area contributed by atoms with Crippen molar-refractivity contribution in [2.45, 2.75) is 9.10 Å². The molecule has 0 saturated carbocycles. The van der Waals surface area contributed by atoms with E-state index in [0.29, 0.717) is 0 Å². The standard InChI is InChI=1S/C10H8BrNS2/c11-7-3-1-4-8(10(7)12)14-9-5-2-6-13-9/h1-6H,12H2. The Morgan fingerprint density at radius 3 is 2.79 bits per heavy atom. The van der Waals surface area contributed by atoms with Crippen molar-refractivity contribution in [3.8, 4) is 0 Å². The number of nitrogens with two attached hydrogens (primary N) is 1. The molecule has 1 aromatic heterocycles. The van der Waals surface area contributed by atoms with Crippen LogP contribution in [0.4, 0.5) is 5.69 Å². The largest absolute Gasteiger partial charge is 0.397 e. The van der Waals surface area contributed by atoms with Crippen molar-refractivity contribution in [2.75, 3.05) is 5.73 Å². The van der Waals surface area contributed by atoms with Crippen molar-refractivity contribution >= 4 is 44.7 Å². The van der Waals surface area contributed by atoms with Crippen LogP contribution in [0.3, 0.4) is 0 Å². The van der Waals surface area contributed by atoms with Gasteiger partial charge in [-0.15, -0.1) is 11.3 Å². The van der Waals surface area contributed by atoms with Gasteiger partial charge < -0.3 is 5.73 Å². The topological polar surface area (TPSA) is 26.0 Å². The predicted octanol–water partition coefficient (Wildman–Crippen LogP) is 4.24. The van der Waals surface area contributed by atoms with Crippen LogP contribution < -0.4 is 5.73 Å². The molecule has 0 unspecified atom stereocenters. The van der Waals surface area contributed by atoms with Gasteiger partial charge >= 0.3 is 0 Å². The smallest absolute Gasteiger partial charge is 0.0647 e. The van der Waals surface area contributed by atoms with Gasteiger partial charge in [0.05, 0.1) is 9.90 Å². The molecule has 0 aliphatic heterocycles. The van der Waals surface area contributed by atoms with Gasteiger partial charge in [0.15, 0.2) is 0 Å². The molecule has 0 radical (unpaired) electrons. The molecular formula is C10H8BrNS2. The summed E-state index contributed by atoms with van der Waals surface area (Å²) >= 11 is 6.84. The minimum atomic E-state index is 0.811. The normalized spacial score (nSPS) is 10.4. The predicted molar refractivity (Wildman–Crippen MR) is 67.0 cm³/mol. The summed E-state index contributed by atoms with van der Waals surface area (Å²) in [6, 6.07) is 10.1. The molecule has 0 atom stereocenters. The van der Waals surface area contributed by atoms with E-state index in [1.807, 2.05) is 24.3 Å². The molecule has 2 rings (SSSR count). The van der Waals surface area contributed by atoms with Crippen LogP contribution in [0, 0.1) is 0 Å². The first-order chi connectivity index (χ1) is 6.77. The van der Waals surface area contributed by atoms with Gasteiger partial charge in [0.2, 0.25) is 0 Å². The third kappa shape index (κ3) is 2.13. The van der Waals surface area contributed by atoms with Gasteiger partial charge in [-0.3, -0.25) is 0 Å². The van der Waals surface area contributed by atoms with Crippen molar-refractivity contribution in [3.05, 3.63) is 40.2 Å². The van der Waals surface area contributed by atoms with Gasteiger partial charge in [-0.1, -0.05) is 23.9 Å². The Labute approximate surface area is 99.5 Å². The average Bonchev–Trinajstić information content (AvgIpc) is 2.66. The minimum Gasteiger partial charge on any atom is -0.397 e. The summed E-state index contributed by atoms with van der Waals surface area (Å²) in [7, 11) is 0. The summed E-state index contributed by atoms with van der Waals surface area (Å²) in [5, 5.41) is 2.07. The van der Waals surface area contributed by atoms with Crippen molar-refractivity contribution in [1.82, 2.24) is 0 Å². The number of halogens is 1. The van der Waals surface area contributed by atoms with Crippen LogP contribution in [-0.4, -0.2) is 0 Å². The lowest BCUT2D eigenvalue weighted by Gasteiger charge is -2.04. The summed E-state index contributed by atoms with van der Waals surface area (Å²) in [6.45, 7) is 0. The fourth-order valence-corrected chi connectivity index (χ4v) is 3.34. The average molecular weight is 286 g/mol. The van der Waals surface area contributed by atoms with Crippen LogP contribution in [0.5, 0.6) is 0 Å². The second kappa shape index (κ2) is 4.38. The van der Waals surface area contributed by atoms with Crippen molar-refractivity contribution in [2.24, 2.45) is 0 Å². The quantitative estimate of drug-likeness (QED) is 0.835. The van der Waals surface area contributed by atoms with Crippen LogP contribution >= 0.6 is 39.0 Å². The van der Waals surface area contributed by atoms with E-state index in [1.54, 1.807) is 23.1 Å². The van der Waals surface area contributed by atoms with E-state index in [-0.39, 0.29) is 0 Å². The van der Waals surface area contributed by atoms with Gasteiger partial charge in [-0.2, -0.15) is 0 Å². The van der Waals surface area contributed by atoms with Crippen molar-refractivity contribution in [3.63, 3.8) is 0 Å². The Morgan fingerprint density at radius 1 is 1.21 bits per heavy atom. The Morgan fingerprint density at radius 2 is 2.07 bits per heavy atom. The van der Waals surface area contributed by atoms with E-state index in [9.17, 15) is 0 Å². The lowest BCUT2D eigenvalue weighted by atomic mass is 10.3. The van der Waals surface area contributed by atoms with Gasteiger partial charge in [0, 0.05) is 9.37 Å². The summed E-state index contributed by atoms with van der Waals surface area (Å²) < 4.78 is 2.22. The second-order valence-electron chi connectivity index (χ2n) is 2.69. The monoisotopic (exact) mass is 285 g/mol. The van der Waals surface area contributed by atoms with Crippen molar-refractivity contribution < 1.29 is 0 Å². The highest BCUT2D eigenvalue weighted by atomic mass is 79.9. The summed E-state index contributed by atoms with van der Waals surface area (Å²) in [5.41, 5.74) is 6.75. The molecule has 0 saturated heterocycles. The number of rotatable bonds is 2. The van der Waals surface area contributed by atoms with Crippen LogP contribution in [-0.2, 0) is 0 Å². The third-order valence-electron chi connectivity index (χ3n) is 1.72. The molecule has 0 aliphatic rings. The summed E-state index contributed by atoms with van der Waals surface area (Å²) in [5.74, 6) is 0. The number of nitrogen functional groups attached to an aromatic ring is 1. The molecule has 2 N–H and O–H groups in total. The Balaban J connectivity index is 2.29. The number of thiophene rings is 1. The molecule has 1 nitrogen and oxygen atoms in total. The van der Waals surface area contributed by atoms with E-state index in [1.165, 1.54) is 4.21 Å². The molecule has 0 aliphatic carbocycles. The van der Waals surface area contributed by atoms with Crippen molar-refractivity contribution in [1.29, 1.82) is 0 Å². The molecule has 0 spiro atoms. The van der Waals surface area contributed by atoms with E-state index >= 15 is 0 Å². The molecule has 14 heavy (non-hydrogen) atoms. The van der Waals surface area contributed by atoms with E-state index < -0.39 is 0 Å². The number of benzene rings is 1. The fraction of sp³-hybridized carbons (Fsp3) is 0. The maximum Gasteiger partial charge on any atom is 0.0647 e. The SMILES string of the molecule is Nc1c(Br)cccc1Sc1cccs1. The number of hydrogen-bond acceptors (Lipinski definition) is 3. The van der Waals surface area contributed by atoms with E-state index in [0.717, 1.165) is 15.1 Å². The molecule has 4 heteroatoms. The van der Waals surface area contributed by atoms with Crippen LogP contribution in [0.2, 0.25) is 0 Å². The molecule has 1 aromatic carbocycles. The lowest BCUT2D eigenvalue weighted by molar-refractivity contribution is 1.43. The molecule has 1 heterocycles. The van der Waals surface area contributed by atoms with Crippen LogP contribution in [0.1, 0.15) is 0 Å². The van der Waals surface area contributed by atoms with E-state index in [2.05, 4.69) is 27.4 Å².